The van der Waals surface area contributed by atoms with Crippen LogP contribution in [-0.4, -0.2) is 18.5 Å². The first-order chi connectivity index (χ1) is 43.0. The second-order valence-corrected chi connectivity index (χ2v) is 59.0. The summed E-state index contributed by atoms with van der Waals surface area (Å²) in [7, 11) is 0. The number of rotatable bonds is 33. The average Bonchev–Trinajstić information content (AvgIpc) is 0.590. The quantitative estimate of drug-likeness (QED) is 0.0284. The van der Waals surface area contributed by atoms with Crippen molar-refractivity contribution in [1.29, 1.82) is 0 Å². The van der Waals surface area contributed by atoms with Crippen molar-refractivity contribution >= 4 is 143 Å². The molecule has 9 rings (SSSR count). The molecule has 0 fully saturated rings. The summed E-state index contributed by atoms with van der Waals surface area (Å²) in [6.07, 6.45) is 24.7. The number of hydrogen-bond donors (Lipinski definition) is 0. The molecule has 0 bridgehead atoms. The molecule has 0 nitrogen and oxygen atoms in total. The van der Waals surface area contributed by atoms with Crippen LogP contribution in [0.4, 0.5) is 0 Å². The normalized spacial score (nSPS) is 13.5. The van der Waals surface area contributed by atoms with E-state index in [0.717, 1.165) is 57.0 Å². The zero-order valence-corrected chi connectivity index (χ0v) is 60.4. The van der Waals surface area contributed by atoms with Crippen LogP contribution in [0.3, 0.4) is 0 Å². The summed E-state index contributed by atoms with van der Waals surface area (Å²) in [4.78, 5) is 0. The van der Waals surface area contributed by atoms with E-state index >= 15 is 0 Å². The SMILES string of the molecule is CCCCCCCC[PH](CCCCCCCC)(CCCCCCCC)P(c1ccccc1)(c1ccccc1)(c1ccccc1)P(c1cccc(Cl)c1)(c1cccc(Cl)c1)(c1cccc(Cl)c1)[PH](c1ccc(Cl)cc1)(c1ccc(Cl)cc1)c1ccc(Cl)cc1. The molecule has 466 valence electrons. The molecule has 0 N–H and O–H groups in total. The minimum atomic E-state index is -5.35. The third-order valence-corrected chi connectivity index (χ3v) is 84.1. The Labute approximate surface area is 560 Å². The first-order valence-corrected chi connectivity index (χ1v) is 46.5. The van der Waals surface area contributed by atoms with Gasteiger partial charge in [0.2, 0.25) is 0 Å². The fraction of sp³-hybridized carbons (Fsp3) is 0.308. The van der Waals surface area contributed by atoms with Gasteiger partial charge < -0.3 is 0 Å². The molecule has 0 amide bonds. The van der Waals surface area contributed by atoms with E-state index in [1.807, 2.05) is 0 Å². The molecule has 0 aliphatic heterocycles. The van der Waals surface area contributed by atoms with Crippen LogP contribution in [0, 0.1) is 0 Å². The molecule has 88 heavy (non-hydrogen) atoms. The monoisotopic (exact) mass is 1360 g/mol. The molecule has 0 atom stereocenters. The Hall–Kier alpha value is -3.56. The fourth-order valence-corrected chi connectivity index (χ4v) is 113. The van der Waals surface area contributed by atoms with E-state index in [2.05, 4.69) is 257 Å². The van der Waals surface area contributed by atoms with Crippen molar-refractivity contribution in [2.45, 2.75) is 136 Å². The maximum absolute atomic E-state index is 8.14. The molecule has 0 saturated carbocycles. The Morgan fingerprint density at radius 1 is 0.239 bits per heavy atom. The van der Waals surface area contributed by atoms with Gasteiger partial charge in [0, 0.05) is 0 Å². The average molecular weight is 1370 g/mol. The van der Waals surface area contributed by atoms with Gasteiger partial charge in [-0.15, -0.1) is 0 Å². The Bertz CT molecular complexity index is 3230. The standard InChI is InChI=1S/C78H92Cl6P4/c1-4-7-10-13-16-28-58-85(59-29-17-14-11-8-5-2,60-30-18-15-12-9-6-3)87(73-37-22-19-23-38-73,74-39-24-20-25-40-74,75-41-26-21-27-42-75)88(76-43-31-34-67(82)61-76,77-44-32-35-68(83)62-77,78-45-33-36-69(84)63-78)86(70-52-46-64(79)47-53-70,71-54-48-65(80)49-55-71)72-56-50-66(81)51-57-72/h19-27,31-57,61-63,85-86H,4-18,28-30,58-60H2,1-3H3. The predicted octanol–water partition coefficient (Wildman–Crippen LogP) is 23.3. The third kappa shape index (κ3) is 12.0. The number of unbranched alkanes of at least 4 members (excludes halogenated alkanes) is 15. The third-order valence-electron chi connectivity index (χ3n) is 19.9. The fourth-order valence-electron chi connectivity index (χ4n) is 16.9. The van der Waals surface area contributed by atoms with Crippen LogP contribution in [-0.2, 0) is 0 Å². The van der Waals surface area contributed by atoms with E-state index in [4.69, 9.17) is 69.6 Å². The van der Waals surface area contributed by atoms with E-state index in [-0.39, 0.29) is 0 Å². The van der Waals surface area contributed by atoms with Crippen molar-refractivity contribution in [2.75, 3.05) is 18.5 Å². The first-order valence-electron chi connectivity index (χ1n) is 32.7. The van der Waals surface area contributed by atoms with Crippen LogP contribution in [0.25, 0.3) is 0 Å². The zero-order chi connectivity index (χ0) is 62.0. The van der Waals surface area contributed by atoms with E-state index in [1.165, 1.54) is 125 Å². The Kier molecular flexibility index (Phi) is 24.9. The number of hydrogen-bond acceptors (Lipinski definition) is 0. The molecule has 0 radical (unpaired) electrons. The predicted molar refractivity (Wildman–Crippen MR) is 410 cm³/mol. The molecule has 10 heteroatoms. The molecule has 0 spiro atoms. The van der Waals surface area contributed by atoms with Crippen molar-refractivity contribution < 1.29 is 0 Å². The summed E-state index contributed by atoms with van der Waals surface area (Å²) in [6.45, 7) is -0.876. The number of benzene rings is 9. The zero-order valence-electron chi connectivity index (χ0n) is 52.0. The van der Waals surface area contributed by atoms with Crippen molar-refractivity contribution in [3.05, 3.63) is 267 Å². The summed E-state index contributed by atoms with van der Waals surface area (Å²) in [5, 5.41) is 15.5. The molecule has 0 heterocycles. The Morgan fingerprint density at radius 2 is 0.489 bits per heavy atom. The Morgan fingerprint density at radius 3 is 0.750 bits per heavy atom. The molecule has 9 aromatic rings. The van der Waals surface area contributed by atoms with E-state index < -0.39 is 25.9 Å². The Balaban J connectivity index is 1.83. The van der Waals surface area contributed by atoms with E-state index in [0.29, 0.717) is 30.1 Å². The van der Waals surface area contributed by atoms with E-state index in [1.54, 1.807) is 0 Å². The van der Waals surface area contributed by atoms with Crippen molar-refractivity contribution in [3.8, 4) is 0 Å². The second kappa shape index (κ2) is 31.8. The van der Waals surface area contributed by atoms with Gasteiger partial charge in [0.15, 0.2) is 0 Å². The minimum absolute atomic E-state index is 0.664. The molecule has 0 aromatic heterocycles. The molecule has 0 unspecified atom stereocenters. The van der Waals surface area contributed by atoms with Crippen LogP contribution in [0.1, 0.15) is 136 Å². The van der Waals surface area contributed by atoms with Gasteiger partial charge in [0.25, 0.3) is 0 Å². The van der Waals surface area contributed by atoms with Crippen LogP contribution in [0.5, 0.6) is 0 Å². The number of halogens is 6. The maximum atomic E-state index is 8.14. The van der Waals surface area contributed by atoms with Crippen LogP contribution >= 0.6 is 95.5 Å². The van der Waals surface area contributed by atoms with Crippen molar-refractivity contribution in [3.63, 3.8) is 0 Å². The topological polar surface area (TPSA) is 0 Å². The van der Waals surface area contributed by atoms with Gasteiger partial charge in [-0.3, -0.25) is 0 Å². The summed E-state index contributed by atoms with van der Waals surface area (Å²) < 4.78 is 0. The van der Waals surface area contributed by atoms with E-state index in [9.17, 15) is 0 Å². The molecule has 9 aromatic carbocycles. The molecule has 0 aliphatic carbocycles. The molecule has 0 aliphatic rings. The summed E-state index contributed by atoms with van der Waals surface area (Å²) in [5.74, 6) is -10.3. The van der Waals surface area contributed by atoms with Gasteiger partial charge in [-0.25, -0.2) is 0 Å². The second-order valence-electron chi connectivity index (χ2n) is 24.6. The van der Waals surface area contributed by atoms with Gasteiger partial charge in [0.1, 0.15) is 0 Å². The van der Waals surface area contributed by atoms with Crippen LogP contribution < -0.4 is 47.7 Å². The molecular weight excluding hydrogens is 1270 g/mol. The molecule has 0 saturated heterocycles. The summed E-state index contributed by atoms with van der Waals surface area (Å²) in [6, 6.07) is 92.3. The summed E-state index contributed by atoms with van der Waals surface area (Å²) >= 11 is 46.6. The van der Waals surface area contributed by atoms with Gasteiger partial charge in [-0.05, 0) is 0 Å². The van der Waals surface area contributed by atoms with Gasteiger partial charge >= 0.3 is 565 Å². The van der Waals surface area contributed by atoms with Gasteiger partial charge in [-0.2, -0.15) is 0 Å². The van der Waals surface area contributed by atoms with Gasteiger partial charge in [-0.1, -0.05) is 0 Å². The van der Waals surface area contributed by atoms with Crippen LogP contribution in [0.15, 0.2) is 237 Å². The van der Waals surface area contributed by atoms with Crippen molar-refractivity contribution in [2.24, 2.45) is 0 Å². The first kappa shape index (κ1) is 68.8. The van der Waals surface area contributed by atoms with Crippen LogP contribution in [0.2, 0.25) is 30.1 Å². The van der Waals surface area contributed by atoms with Gasteiger partial charge in [0.05, 0.1) is 0 Å². The molecular formula is C78H92Cl6P4. The van der Waals surface area contributed by atoms with Crippen molar-refractivity contribution in [1.82, 2.24) is 0 Å². The summed E-state index contributed by atoms with van der Waals surface area (Å²) in [5.41, 5.74) is 0.